The minimum atomic E-state index is -2.17. The molecular weight excluding hydrogens is 876 g/mol. The Balaban J connectivity index is -0.000000230. The Hall–Kier alpha value is -1.43. The van der Waals surface area contributed by atoms with Gasteiger partial charge in [0.05, 0.1) is 58.2 Å². The maximum atomic E-state index is 12.0. The molecule has 0 heterocycles. The van der Waals surface area contributed by atoms with Gasteiger partial charge in [0.15, 0.2) is 0 Å². The van der Waals surface area contributed by atoms with Crippen molar-refractivity contribution < 1.29 is 85.4 Å². The summed E-state index contributed by atoms with van der Waals surface area (Å²) in [5.41, 5.74) is -0.0833. The minimum Gasteiger partial charge on any atom is -0.698 e. The number of hydrogen-bond donors (Lipinski definition) is 0. The molecule has 1 saturated carbocycles. The predicted molar refractivity (Wildman–Crippen MR) is 138 cm³/mol. The molecule has 12 heteroatoms. The molecule has 1 aliphatic carbocycles. The molecule has 2 aromatic rings. The summed E-state index contributed by atoms with van der Waals surface area (Å²) in [6.07, 6.45) is 18.7. The molecule has 8 radical (unpaired) electrons. The van der Waals surface area contributed by atoms with E-state index < -0.39 is 58.2 Å². The van der Waals surface area contributed by atoms with E-state index >= 15 is 0 Å². The third-order valence-corrected chi connectivity index (χ3v) is 4.06. The molecule has 248 valence electrons. The van der Waals surface area contributed by atoms with Gasteiger partial charge in [-0.3, -0.25) is 29.7 Å². The van der Waals surface area contributed by atoms with Crippen molar-refractivity contribution in [2.24, 2.45) is 10.8 Å². The van der Waals surface area contributed by atoms with Gasteiger partial charge in [-0.05, 0) is 62.2 Å². The fourth-order valence-corrected chi connectivity index (χ4v) is 1.85. The van der Waals surface area contributed by atoms with Gasteiger partial charge in [-0.1, -0.05) is 41.5 Å². The first-order valence-electron chi connectivity index (χ1n) is 12.2. The standard InChI is InChI=1S/C8H12.2C6F5.2C6H9.Pd.Pt/c1-2-4-6-8-7-5-3-1;2*7-2-1-3(8)5(10)6(11)4(2)9;2*1-5-6(2,3)4;;/h1-2,7-8H,3-6H2;;;2*2-4H3;;/q;4*-1;2*+2. The topological polar surface area (TPSA) is 0 Å². The van der Waals surface area contributed by atoms with E-state index in [1.54, 1.807) is 0 Å². The van der Waals surface area contributed by atoms with Gasteiger partial charge in [0.1, 0.15) is 0 Å². The largest absolute Gasteiger partial charge is 2.00 e. The fourth-order valence-electron chi connectivity index (χ4n) is 1.85. The van der Waals surface area contributed by atoms with Gasteiger partial charge in [0.2, 0.25) is 0 Å². The molecule has 0 aliphatic heterocycles. The number of benzene rings is 2. The minimum absolute atomic E-state index is 0. The van der Waals surface area contributed by atoms with Crippen LogP contribution in [0, 0.1) is 132 Å². The summed E-state index contributed by atoms with van der Waals surface area (Å²) < 4.78 is 120. The third-order valence-electron chi connectivity index (χ3n) is 4.06. The van der Waals surface area contributed by atoms with E-state index in [4.69, 9.17) is 13.2 Å². The maximum Gasteiger partial charge on any atom is 2.00 e. The van der Waals surface area contributed by atoms with Crippen molar-refractivity contribution in [3.05, 3.63) is 121 Å². The first-order chi connectivity index (χ1) is 19.2. The van der Waals surface area contributed by atoms with Gasteiger partial charge in [0.25, 0.3) is 0 Å². The van der Waals surface area contributed by atoms with Gasteiger partial charge in [-0.2, -0.15) is 0 Å². The van der Waals surface area contributed by atoms with Gasteiger partial charge in [-0.25, -0.2) is 26.3 Å². The molecule has 0 bridgehead atoms. The van der Waals surface area contributed by atoms with Gasteiger partial charge < -0.3 is 13.2 Å². The van der Waals surface area contributed by atoms with Crippen LogP contribution in [0.1, 0.15) is 67.2 Å². The zero-order valence-electron chi connectivity index (χ0n) is 24.5. The number of rotatable bonds is 0. The Morgan fingerprint density at radius 1 is 0.477 bits per heavy atom. The molecule has 0 nitrogen and oxygen atoms in total. The average Bonchev–Trinajstić information content (AvgIpc) is 2.89. The van der Waals surface area contributed by atoms with Crippen LogP contribution < -0.4 is 0 Å². The van der Waals surface area contributed by atoms with Gasteiger partial charge in [0, 0.05) is 0 Å². The number of hydrogen-bond acceptors (Lipinski definition) is 0. The van der Waals surface area contributed by atoms with Crippen LogP contribution in [0.2, 0.25) is 0 Å². The van der Waals surface area contributed by atoms with Crippen molar-refractivity contribution in [3.63, 3.8) is 0 Å². The van der Waals surface area contributed by atoms with E-state index in [2.05, 4.69) is 37.8 Å². The average molecular weight is 906 g/mol. The Morgan fingerprint density at radius 2 is 0.636 bits per heavy atom. The fraction of sp³-hybridized carbons (Fsp3) is 0.375. The summed E-state index contributed by atoms with van der Waals surface area (Å²) in [7, 11) is 0. The molecule has 1 aliphatic rings. The normalized spacial score (nSPS) is 12.5. The Morgan fingerprint density at radius 3 is 0.773 bits per heavy atom. The summed E-state index contributed by atoms with van der Waals surface area (Å²) >= 11 is 0. The Labute approximate surface area is 283 Å². The quantitative estimate of drug-likeness (QED) is 0.0813. The molecule has 0 N–H and O–H groups in total. The van der Waals surface area contributed by atoms with Crippen LogP contribution in [0.4, 0.5) is 43.9 Å². The molecule has 0 aromatic heterocycles. The first kappa shape index (κ1) is 49.5. The molecule has 1 fully saturated rings. The van der Waals surface area contributed by atoms with E-state index in [1.807, 2.05) is 41.5 Å². The van der Waals surface area contributed by atoms with Crippen LogP contribution in [0.15, 0.2) is 0 Å². The SMILES string of the molecule is Fc1[c-]c(F)c(F)c(F)c1F.Fc1[c-]c(F)c(F)c(F)c1F.[C-]=[C]C(C)(C)C.[C-]=[C]C(C)(C)C.[CH]1[CH]CC[CH][CH]CC1.[Pd+2].[Pt+2]. The van der Waals surface area contributed by atoms with Crippen LogP contribution in [0.3, 0.4) is 0 Å². The molecule has 44 heavy (non-hydrogen) atoms. The first-order valence-corrected chi connectivity index (χ1v) is 12.2. The second-order valence-electron chi connectivity index (χ2n) is 10.2. The molecule has 2 aromatic carbocycles. The molecule has 0 unspecified atom stereocenters. The van der Waals surface area contributed by atoms with Crippen molar-refractivity contribution >= 4 is 0 Å². The van der Waals surface area contributed by atoms with Crippen molar-refractivity contribution in [1.82, 2.24) is 0 Å². The number of halogens is 10. The van der Waals surface area contributed by atoms with E-state index in [0.29, 0.717) is 0 Å². The molecule has 0 spiro atoms. The van der Waals surface area contributed by atoms with Crippen LogP contribution in [-0.2, 0) is 41.5 Å². The second-order valence-corrected chi connectivity index (χ2v) is 10.2. The summed E-state index contributed by atoms with van der Waals surface area (Å²) in [5.74, 6) is -20.1. The van der Waals surface area contributed by atoms with Crippen LogP contribution in [-0.4, -0.2) is 0 Å². The third kappa shape index (κ3) is 23.0. The second kappa shape index (κ2) is 24.8. The van der Waals surface area contributed by atoms with Gasteiger partial charge >= 0.3 is 41.5 Å². The molecule has 0 amide bonds. The molecule has 3 rings (SSSR count). The number of allylic oxidation sites excluding steroid dienone is 2. The summed E-state index contributed by atoms with van der Waals surface area (Å²) in [4.78, 5) is 0. The summed E-state index contributed by atoms with van der Waals surface area (Å²) in [6.45, 7) is 24.9. The van der Waals surface area contributed by atoms with Gasteiger partial charge in [-0.15, -0.1) is 12.1 Å². The van der Waals surface area contributed by atoms with Crippen molar-refractivity contribution in [2.45, 2.75) is 67.2 Å². The summed E-state index contributed by atoms with van der Waals surface area (Å²) in [5, 5.41) is 0. The van der Waals surface area contributed by atoms with Crippen LogP contribution in [0.25, 0.3) is 0 Å². The van der Waals surface area contributed by atoms with E-state index in [0.717, 1.165) is 12.1 Å². The monoisotopic (exact) mass is 905 g/mol. The zero-order valence-corrected chi connectivity index (χ0v) is 28.4. The van der Waals surface area contributed by atoms with Crippen LogP contribution >= 0.6 is 0 Å². The Kier molecular flexibility index (Phi) is 27.8. The van der Waals surface area contributed by atoms with E-state index in [1.165, 1.54) is 25.7 Å². The van der Waals surface area contributed by atoms with Crippen molar-refractivity contribution in [3.8, 4) is 0 Å². The maximum absolute atomic E-state index is 12.0. The predicted octanol–water partition coefficient (Wildman–Crippen LogP) is 10.1. The summed E-state index contributed by atoms with van der Waals surface area (Å²) in [6, 6.07) is 2.05. The smallest absolute Gasteiger partial charge is 0.698 e. The Bertz CT molecular complexity index is 954. The van der Waals surface area contributed by atoms with Crippen molar-refractivity contribution in [2.75, 3.05) is 0 Å². The molecule has 0 saturated heterocycles. The van der Waals surface area contributed by atoms with E-state index in [9.17, 15) is 43.9 Å². The van der Waals surface area contributed by atoms with E-state index in [-0.39, 0.29) is 52.3 Å². The zero-order chi connectivity index (χ0) is 33.3. The van der Waals surface area contributed by atoms with Crippen LogP contribution in [0.5, 0.6) is 0 Å². The van der Waals surface area contributed by atoms with Crippen molar-refractivity contribution in [1.29, 1.82) is 0 Å². The molecular formula is C32H30F10PdPt. The molecule has 0 atom stereocenters.